The second-order valence-electron chi connectivity index (χ2n) is 9.22. The number of nitrogens with one attached hydrogen (secondary N) is 1. The van der Waals surface area contributed by atoms with Gasteiger partial charge in [-0.05, 0) is 42.7 Å². The Labute approximate surface area is 199 Å². The molecule has 1 unspecified atom stereocenters. The number of cyclic esters (lactones) is 1. The number of hydrogen-bond donors (Lipinski definition) is 2. The van der Waals surface area contributed by atoms with E-state index in [1.165, 1.54) is 0 Å². The molecule has 1 atom stereocenters. The lowest BCUT2D eigenvalue weighted by atomic mass is 9.77. The number of nitrogen functional groups attached to an aromatic ring is 1. The summed E-state index contributed by atoms with van der Waals surface area (Å²) < 4.78 is 12.5. The lowest BCUT2D eigenvalue weighted by Gasteiger charge is -2.32. The Morgan fingerprint density at radius 3 is 2.68 bits per heavy atom. The first-order valence-electron chi connectivity index (χ1n) is 11.9. The molecule has 1 aromatic heterocycles. The second-order valence-corrected chi connectivity index (χ2v) is 9.22. The van der Waals surface area contributed by atoms with E-state index in [0.29, 0.717) is 17.9 Å². The lowest BCUT2D eigenvalue weighted by molar-refractivity contribution is 0.0252. The van der Waals surface area contributed by atoms with Crippen molar-refractivity contribution in [2.45, 2.75) is 45.1 Å². The first-order valence-corrected chi connectivity index (χ1v) is 11.9. The average molecular weight is 455 g/mol. The third kappa shape index (κ3) is 3.43. The number of ether oxygens (including phenoxy) is 2. The summed E-state index contributed by atoms with van der Waals surface area (Å²) in [6, 6.07) is 21.6. The molecule has 3 aromatic carbocycles. The average Bonchev–Trinajstić information content (AvgIpc) is 3.36. The van der Waals surface area contributed by atoms with Crippen molar-refractivity contribution in [3.8, 4) is 5.75 Å². The molecule has 174 valence electrons. The van der Waals surface area contributed by atoms with Crippen molar-refractivity contribution in [1.82, 2.24) is 4.98 Å². The molecule has 0 aliphatic carbocycles. The molecule has 5 rings (SSSR count). The predicted molar refractivity (Wildman–Crippen MR) is 135 cm³/mol. The van der Waals surface area contributed by atoms with Gasteiger partial charge in [0.15, 0.2) is 5.60 Å². The molecular formula is C29H30N2O3. The predicted octanol–water partition coefficient (Wildman–Crippen LogP) is 6.51. The molecule has 34 heavy (non-hydrogen) atoms. The van der Waals surface area contributed by atoms with Crippen LogP contribution in [0, 0.1) is 0 Å². The molecule has 0 saturated carbocycles. The van der Waals surface area contributed by atoms with Gasteiger partial charge in [0.25, 0.3) is 0 Å². The SMILES string of the molecule is CCCCOc1cccc(C2(c3c(C(C)C)[nH]c4ccccc34)OC(=O)c3cc(N)ccc32)c1. The van der Waals surface area contributed by atoms with Crippen LogP contribution in [0.1, 0.15) is 72.3 Å². The molecule has 5 nitrogen and oxygen atoms in total. The van der Waals surface area contributed by atoms with Crippen LogP contribution in [0.3, 0.4) is 0 Å². The molecule has 0 fully saturated rings. The highest BCUT2D eigenvalue weighted by molar-refractivity contribution is 5.99. The maximum absolute atomic E-state index is 13.3. The number of para-hydroxylation sites is 1. The minimum absolute atomic E-state index is 0.180. The fourth-order valence-corrected chi connectivity index (χ4v) is 4.95. The zero-order valence-corrected chi connectivity index (χ0v) is 19.9. The molecule has 3 N–H and O–H groups in total. The number of fused-ring (bicyclic) bond motifs is 2. The Kier molecular flexibility index (Phi) is 5.56. The van der Waals surface area contributed by atoms with E-state index in [0.717, 1.165) is 51.9 Å². The van der Waals surface area contributed by atoms with Gasteiger partial charge in [-0.2, -0.15) is 0 Å². The maximum atomic E-state index is 13.3. The van der Waals surface area contributed by atoms with Crippen molar-refractivity contribution in [2.75, 3.05) is 12.3 Å². The van der Waals surface area contributed by atoms with E-state index in [1.807, 2.05) is 48.5 Å². The number of anilines is 1. The Balaban J connectivity index is 1.83. The fraction of sp³-hybridized carbons (Fsp3) is 0.276. The van der Waals surface area contributed by atoms with E-state index < -0.39 is 5.60 Å². The van der Waals surface area contributed by atoms with Crippen LogP contribution in [0.15, 0.2) is 66.7 Å². The van der Waals surface area contributed by atoms with Crippen molar-refractivity contribution in [1.29, 1.82) is 0 Å². The van der Waals surface area contributed by atoms with Crippen LogP contribution in [0.25, 0.3) is 10.9 Å². The van der Waals surface area contributed by atoms with E-state index in [9.17, 15) is 4.79 Å². The smallest absolute Gasteiger partial charge is 0.340 e. The van der Waals surface area contributed by atoms with Gasteiger partial charge >= 0.3 is 5.97 Å². The maximum Gasteiger partial charge on any atom is 0.340 e. The molecule has 0 spiro atoms. The summed E-state index contributed by atoms with van der Waals surface area (Å²) in [5.74, 6) is 0.565. The van der Waals surface area contributed by atoms with Gasteiger partial charge in [0.05, 0.1) is 12.2 Å². The minimum Gasteiger partial charge on any atom is -0.494 e. The fourth-order valence-electron chi connectivity index (χ4n) is 4.95. The van der Waals surface area contributed by atoms with Crippen molar-refractivity contribution < 1.29 is 14.3 Å². The molecular weight excluding hydrogens is 424 g/mol. The molecule has 0 bridgehead atoms. The van der Waals surface area contributed by atoms with E-state index in [-0.39, 0.29) is 11.9 Å². The Morgan fingerprint density at radius 1 is 1.06 bits per heavy atom. The van der Waals surface area contributed by atoms with E-state index in [1.54, 1.807) is 6.07 Å². The summed E-state index contributed by atoms with van der Waals surface area (Å²) >= 11 is 0. The molecule has 4 aromatic rings. The van der Waals surface area contributed by atoms with Crippen LogP contribution >= 0.6 is 0 Å². The van der Waals surface area contributed by atoms with Gasteiger partial charge in [0, 0.05) is 39.0 Å². The monoisotopic (exact) mass is 454 g/mol. The molecule has 0 saturated heterocycles. The number of hydrogen-bond acceptors (Lipinski definition) is 4. The summed E-state index contributed by atoms with van der Waals surface area (Å²) in [6.45, 7) is 7.07. The number of nitrogens with two attached hydrogens (primary N) is 1. The first-order chi connectivity index (χ1) is 16.5. The van der Waals surface area contributed by atoms with Crippen LogP contribution in [0.2, 0.25) is 0 Å². The lowest BCUT2D eigenvalue weighted by Crippen LogP contribution is -2.31. The van der Waals surface area contributed by atoms with Crippen LogP contribution in [-0.2, 0) is 10.3 Å². The summed E-state index contributed by atoms with van der Waals surface area (Å²) in [5.41, 5.74) is 10.6. The minimum atomic E-state index is -1.12. The first kappa shape index (κ1) is 22.1. The summed E-state index contributed by atoms with van der Waals surface area (Å²) in [4.78, 5) is 16.9. The number of esters is 1. The summed E-state index contributed by atoms with van der Waals surface area (Å²) in [6.07, 6.45) is 2.04. The van der Waals surface area contributed by atoms with Gasteiger partial charge in [-0.15, -0.1) is 0 Å². The normalized spacial score (nSPS) is 17.2. The van der Waals surface area contributed by atoms with Crippen molar-refractivity contribution in [3.63, 3.8) is 0 Å². The number of rotatable bonds is 7. The standard InChI is InChI=1S/C29H30N2O3/c1-4-5-15-33-21-10-8-9-19(16-21)29(24-14-13-20(30)17-23(24)28(32)34-29)26-22-11-6-7-12-25(22)31-27(26)18(2)3/h6-14,16-18,31H,4-5,15,30H2,1-3H3. The van der Waals surface area contributed by atoms with Crippen molar-refractivity contribution in [2.24, 2.45) is 0 Å². The van der Waals surface area contributed by atoms with Gasteiger partial charge in [0.2, 0.25) is 0 Å². The van der Waals surface area contributed by atoms with Crippen molar-refractivity contribution >= 4 is 22.6 Å². The third-order valence-corrected chi connectivity index (χ3v) is 6.56. The zero-order valence-electron chi connectivity index (χ0n) is 19.9. The van der Waals surface area contributed by atoms with E-state index in [2.05, 4.69) is 37.9 Å². The van der Waals surface area contributed by atoms with E-state index >= 15 is 0 Å². The molecule has 0 radical (unpaired) electrons. The number of unbranched alkanes of at least 4 members (excludes halogenated alkanes) is 1. The largest absolute Gasteiger partial charge is 0.494 e. The Bertz CT molecular complexity index is 1370. The van der Waals surface area contributed by atoms with Gasteiger partial charge < -0.3 is 20.2 Å². The number of carbonyl (C=O) groups is 1. The number of aromatic nitrogens is 1. The third-order valence-electron chi connectivity index (χ3n) is 6.56. The highest BCUT2D eigenvalue weighted by Crippen LogP contribution is 2.52. The summed E-state index contributed by atoms with van der Waals surface area (Å²) in [7, 11) is 0. The van der Waals surface area contributed by atoms with Crippen molar-refractivity contribution in [3.05, 3.63) is 94.7 Å². The van der Waals surface area contributed by atoms with Gasteiger partial charge in [-0.1, -0.05) is 63.6 Å². The van der Waals surface area contributed by atoms with E-state index in [4.69, 9.17) is 15.2 Å². The number of carbonyl (C=O) groups excluding carboxylic acids is 1. The Hall–Kier alpha value is -3.73. The van der Waals surface area contributed by atoms with Gasteiger partial charge in [-0.25, -0.2) is 4.79 Å². The topological polar surface area (TPSA) is 77.3 Å². The molecule has 2 heterocycles. The highest BCUT2D eigenvalue weighted by Gasteiger charge is 2.51. The zero-order chi connectivity index (χ0) is 23.9. The van der Waals surface area contributed by atoms with Crippen LogP contribution in [0.4, 0.5) is 5.69 Å². The number of benzene rings is 3. The van der Waals surface area contributed by atoms with Gasteiger partial charge in [0.1, 0.15) is 5.75 Å². The Morgan fingerprint density at radius 2 is 1.88 bits per heavy atom. The molecule has 0 amide bonds. The molecule has 1 aliphatic rings. The molecule has 1 aliphatic heterocycles. The number of H-pyrrole nitrogens is 1. The van der Waals surface area contributed by atoms with Crippen LogP contribution in [-0.4, -0.2) is 17.6 Å². The quantitative estimate of drug-likeness (QED) is 0.189. The van der Waals surface area contributed by atoms with Gasteiger partial charge in [-0.3, -0.25) is 0 Å². The highest BCUT2D eigenvalue weighted by atomic mass is 16.6. The number of aromatic amines is 1. The second kappa shape index (κ2) is 8.56. The van der Waals surface area contributed by atoms with Crippen LogP contribution < -0.4 is 10.5 Å². The van der Waals surface area contributed by atoms with Crippen LogP contribution in [0.5, 0.6) is 5.75 Å². The molecule has 5 heteroatoms. The summed E-state index contributed by atoms with van der Waals surface area (Å²) in [5, 5.41) is 1.03.